The zero-order chi connectivity index (χ0) is 19.4. The first-order chi connectivity index (χ1) is 13.0. The number of rotatable bonds is 6. The highest BCUT2D eigenvalue weighted by Crippen LogP contribution is 2.33. The van der Waals surface area contributed by atoms with Crippen LogP contribution in [0.3, 0.4) is 0 Å². The molecule has 0 aliphatic carbocycles. The maximum Gasteiger partial charge on any atom is 0.257 e. The number of hydrogen-bond acceptors (Lipinski definition) is 6. The molecule has 1 heterocycles. The molecular formula is C20H21N3O3S. The van der Waals surface area contributed by atoms with Crippen molar-refractivity contribution < 1.29 is 14.3 Å². The molecule has 1 amide bonds. The first-order valence-corrected chi connectivity index (χ1v) is 9.16. The molecule has 3 aromatic rings. The molecule has 0 bridgehead atoms. The number of nitrogens with zero attached hydrogens (tertiary/aromatic N) is 2. The van der Waals surface area contributed by atoms with Gasteiger partial charge in [0.1, 0.15) is 0 Å². The molecular weight excluding hydrogens is 362 g/mol. The summed E-state index contributed by atoms with van der Waals surface area (Å²) in [5, 5.41) is 5.29. The Morgan fingerprint density at radius 2 is 1.74 bits per heavy atom. The number of benzene rings is 2. The summed E-state index contributed by atoms with van der Waals surface area (Å²) in [6.45, 7) is 0. The summed E-state index contributed by atoms with van der Waals surface area (Å²) in [7, 11) is 7.11. The molecule has 6 nitrogen and oxygen atoms in total. The zero-order valence-electron chi connectivity index (χ0n) is 15.6. The fourth-order valence-electron chi connectivity index (χ4n) is 2.54. The minimum atomic E-state index is -0.187. The van der Waals surface area contributed by atoms with Crippen molar-refractivity contribution in [2.45, 2.75) is 0 Å². The molecule has 0 spiro atoms. The Kier molecular flexibility index (Phi) is 5.61. The number of thiazole rings is 1. The summed E-state index contributed by atoms with van der Waals surface area (Å²) in [4.78, 5) is 18.9. The molecule has 1 aromatic heterocycles. The van der Waals surface area contributed by atoms with E-state index in [2.05, 4.69) is 10.3 Å². The van der Waals surface area contributed by atoms with Crippen molar-refractivity contribution in [1.82, 2.24) is 4.98 Å². The predicted octanol–water partition coefficient (Wildman–Crippen LogP) is 4.15. The molecule has 27 heavy (non-hydrogen) atoms. The molecule has 2 aromatic carbocycles. The van der Waals surface area contributed by atoms with Crippen LogP contribution in [0.1, 0.15) is 10.4 Å². The van der Waals surface area contributed by atoms with Crippen molar-refractivity contribution in [2.75, 3.05) is 38.5 Å². The van der Waals surface area contributed by atoms with Gasteiger partial charge in [-0.25, -0.2) is 4.98 Å². The van der Waals surface area contributed by atoms with E-state index in [-0.39, 0.29) is 5.91 Å². The largest absolute Gasteiger partial charge is 0.493 e. The molecule has 7 heteroatoms. The number of methoxy groups -OCH3 is 2. The van der Waals surface area contributed by atoms with Crippen LogP contribution in [0, 0.1) is 0 Å². The van der Waals surface area contributed by atoms with Crippen molar-refractivity contribution in [2.24, 2.45) is 0 Å². The van der Waals surface area contributed by atoms with Gasteiger partial charge in [0.2, 0.25) is 0 Å². The van der Waals surface area contributed by atoms with E-state index in [0.717, 1.165) is 16.9 Å². The topological polar surface area (TPSA) is 63.7 Å². The summed E-state index contributed by atoms with van der Waals surface area (Å²) >= 11 is 1.38. The summed E-state index contributed by atoms with van der Waals surface area (Å²) < 4.78 is 10.6. The lowest BCUT2D eigenvalue weighted by molar-refractivity contribution is 0.102. The molecule has 0 aliphatic heterocycles. The highest BCUT2D eigenvalue weighted by atomic mass is 32.1. The van der Waals surface area contributed by atoms with E-state index in [1.807, 2.05) is 54.7 Å². The maximum absolute atomic E-state index is 12.4. The van der Waals surface area contributed by atoms with Crippen LogP contribution in [0.25, 0.3) is 11.3 Å². The first-order valence-electron chi connectivity index (χ1n) is 8.28. The first kappa shape index (κ1) is 18.7. The summed E-state index contributed by atoms with van der Waals surface area (Å²) in [5.41, 5.74) is 3.28. The van der Waals surface area contributed by atoms with Gasteiger partial charge in [-0.15, -0.1) is 11.3 Å². The number of ether oxygens (including phenoxy) is 2. The van der Waals surface area contributed by atoms with Crippen molar-refractivity contribution in [3.8, 4) is 22.8 Å². The highest BCUT2D eigenvalue weighted by molar-refractivity contribution is 7.14. The molecule has 0 radical (unpaired) electrons. The zero-order valence-corrected chi connectivity index (χ0v) is 16.5. The standard InChI is InChI=1S/C20H21N3O3S/c1-23(2)15-8-5-13(6-9-15)19(24)22-20-21-16(12-27-20)14-7-10-17(25-3)18(11-14)26-4/h5-12H,1-4H3,(H,21,22,24). The number of carbonyl (C=O) groups excluding carboxylic acids is 1. The third-order valence-electron chi connectivity index (χ3n) is 4.05. The van der Waals surface area contributed by atoms with E-state index < -0.39 is 0 Å². The molecule has 0 saturated carbocycles. The normalized spacial score (nSPS) is 10.4. The van der Waals surface area contributed by atoms with E-state index in [4.69, 9.17) is 9.47 Å². The second kappa shape index (κ2) is 8.09. The Balaban J connectivity index is 1.75. The smallest absolute Gasteiger partial charge is 0.257 e. The van der Waals surface area contributed by atoms with Crippen molar-refractivity contribution in [3.05, 3.63) is 53.4 Å². The van der Waals surface area contributed by atoms with Gasteiger partial charge in [-0.3, -0.25) is 10.1 Å². The molecule has 0 saturated heterocycles. The van der Waals surface area contributed by atoms with Gasteiger partial charge >= 0.3 is 0 Å². The Bertz CT molecular complexity index is 936. The lowest BCUT2D eigenvalue weighted by atomic mass is 10.1. The van der Waals surface area contributed by atoms with Crippen molar-refractivity contribution in [1.29, 1.82) is 0 Å². The van der Waals surface area contributed by atoms with Crippen LogP contribution in [0.15, 0.2) is 47.8 Å². The van der Waals surface area contributed by atoms with Crippen LogP contribution in [-0.4, -0.2) is 39.2 Å². The summed E-state index contributed by atoms with van der Waals surface area (Å²) in [6, 6.07) is 13.0. The van der Waals surface area contributed by atoms with Crippen molar-refractivity contribution >= 4 is 28.1 Å². The summed E-state index contributed by atoms with van der Waals surface area (Å²) in [5.74, 6) is 1.11. The molecule has 0 unspecified atom stereocenters. The van der Waals surface area contributed by atoms with Gasteiger partial charge in [-0.05, 0) is 42.5 Å². The Labute approximate surface area is 162 Å². The van der Waals surface area contributed by atoms with Gasteiger partial charge in [0.05, 0.1) is 19.9 Å². The lowest BCUT2D eigenvalue weighted by Gasteiger charge is -2.12. The van der Waals surface area contributed by atoms with Crippen LogP contribution in [0.4, 0.5) is 10.8 Å². The molecule has 0 atom stereocenters. The monoisotopic (exact) mass is 383 g/mol. The molecule has 1 N–H and O–H groups in total. The van der Waals surface area contributed by atoms with Gasteiger partial charge in [-0.2, -0.15) is 0 Å². The van der Waals surface area contributed by atoms with Gasteiger partial charge in [-0.1, -0.05) is 0 Å². The minimum Gasteiger partial charge on any atom is -0.493 e. The average molecular weight is 383 g/mol. The van der Waals surface area contributed by atoms with E-state index in [0.29, 0.717) is 22.2 Å². The van der Waals surface area contributed by atoms with E-state index >= 15 is 0 Å². The Morgan fingerprint density at radius 1 is 1.04 bits per heavy atom. The summed E-state index contributed by atoms with van der Waals surface area (Å²) in [6.07, 6.45) is 0. The number of anilines is 2. The SMILES string of the molecule is COc1ccc(-c2csc(NC(=O)c3ccc(N(C)C)cc3)n2)cc1OC. The number of aromatic nitrogens is 1. The van der Waals surface area contributed by atoms with Gasteiger partial charge in [0.25, 0.3) is 5.91 Å². The van der Waals surface area contributed by atoms with Crippen molar-refractivity contribution in [3.63, 3.8) is 0 Å². The van der Waals surface area contributed by atoms with E-state index in [1.165, 1.54) is 11.3 Å². The van der Waals surface area contributed by atoms with Gasteiger partial charge in [0, 0.05) is 36.3 Å². The predicted molar refractivity (Wildman–Crippen MR) is 109 cm³/mol. The molecule has 140 valence electrons. The number of hydrogen-bond donors (Lipinski definition) is 1. The van der Waals surface area contributed by atoms with E-state index in [1.54, 1.807) is 26.4 Å². The van der Waals surface area contributed by atoms with Gasteiger partial charge in [0.15, 0.2) is 16.6 Å². The number of amides is 1. The number of carbonyl (C=O) groups is 1. The second-order valence-corrected chi connectivity index (χ2v) is 6.86. The fraction of sp³-hybridized carbons (Fsp3) is 0.200. The minimum absolute atomic E-state index is 0.187. The Morgan fingerprint density at radius 3 is 2.37 bits per heavy atom. The van der Waals surface area contributed by atoms with Crippen LogP contribution in [0.2, 0.25) is 0 Å². The van der Waals surface area contributed by atoms with Crippen LogP contribution in [-0.2, 0) is 0 Å². The third kappa shape index (κ3) is 4.20. The van der Waals surface area contributed by atoms with E-state index in [9.17, 15) is 4.79 Å². The molecule has 0 aliphatic rings. The molecule has 0 fully saturated rings. The lowest BCUT2D eigenvalue weighted by Crippen LogP contribution is -2.13. The average Bonchev–Trinajstić information content (AvgIpc) is 3.15. The van der Waals surface area contributed by atoms with Crippen LogP contribution >= 0.6 is 11.3 Å². The molecule has 3 rings (SSSR count). The van der Waals surface area contributed by atoms with Crippen LogP contribution in [0.5, 0.6) is 11.5 Å². The quantitative estimate of drug-likeness (QED) is 0.693. The third-order valence-corrected chi connectivity index (χ3v) is 4.81. The maximum atomic E-state index is 12.4. The van der Waals surface area contributed by atoms with Gasteiger partial charge < -0.3 is 14.4 Å². The van der Waals surface area contributed by atoms with Crippen LogP contribution < -0.4 is 19.7 Å². The fourth-order valence-corrected chi connectivity index (χ4v) is 3.25. The second-order valence-electron chi connectivity index (χ2n) is 6.00. The number of nitrogens with one attached hydrogen (secondary N) is 1. The highest BCUT2D eigenvalue weighted by Gasteiger charge is 2.12. The Hall–Kier alpha value is -3.06.